The van der Waals surface area contributed by atoms with Gasteiger partial charge in [0.25, 0.3) is 5.91 Å². The van der Waals surface area contributed by atoms with Crippen molar-refractivity contribution in [3.8, 4) is 5.75 Å². The van der Waals surface area contributed by atoms with E-state index < -0.39 is 6.04 Å². The summed E-state index contributed by atoms with van der Waals surface area (Å²) in [5.41, 5.74) is 1.68. The minimum atomic E-state index is -0.753. The van der Waals surface area contributed by atoms with Crippen LogP contribution < -0.4 is 10.1 Å². The maximum Gasteiger partial charge on any atom is 0.261 e. The summed E-state index contributed by atoms with van der Waals surface area (Å²) in [5.74, 6) is -0.190. The molecule has 0 aliphatic rings. The molecule has 0 fully saturated rings. The SMILES string of the molecule is CCCNC(=O)C(Cc1ccccc1)N(Cc1ccccc1Cl)C(=O)COc1ccc(Br)cc1Cl. The van der Waals surface area contributed by atoms with Crippen LogP contribution in [0.3, 0.4) is 0 Å². The highest BCUT2D eigenvalue weighted by Crippen LogP contribution is 2.28. The number of amides is 2. The lowest BCUT2D eigenvalue weighted by molar-refractivity contribution is -0.142. The molecule has 35 heavy (non-hydrogen) atoms. The Balaban J connectivity index is 1.91. The molecule has 0 spiro atoms. The third-order valence-corrected chi connectivity index (χ3v) is 6.52. The molecule has 0 aromatic heterocycles. The van der Waals surface area contributed by atoms with Crippen molar-refractivity contribution in [2.75, 3.05) is 13.2 Å². The van der Waals surface area contributed by atoms with Gasteiger partial charge in [0.1, 0.15) is 11.8 Å². The molecule has 8 heteroatoms. The van der Waals surface area contributed by atoms with Crippen molar-refractivity contribution >= 4 is 50.9 Å². The summed E-state index contributed by atoms with van der Waals surface area (Å²) < 4.78 is 6.56. The first-order valence-corrected chi connectivity index (χ1v) is 12.9. The Morgan fingerprint density at radius 1 is 1.00 bits per heavy atom. The highest BCUT2D eigenvalue weighted by molar-refractivity contribution is 9.10. The topological polar surface area (TPSA) is 58.6 Å². The van der Waals surface area contributed by atoms with Crippen molar-refractivity contribution in [2.45, 2.75) is 32.4 Å². The summed E-state index contributed by atoms with van der Waals surface area (Å²) >= 11 is 16.0. The first-order valence-electron chi connectivity index (χ1n) is 11.3. The highest BCUT2D eigenvalue weighted by Gasteiger charge is 2.31. The van der Waals surface area contributed by atoms with Crippen LogP contribution in [0.2, 0.25) is 10.0 Å². The number of hydrogen-bond donors (Lipinski definition) is 1. The van der Waals surface area contributed by atoms with Gasteiger partial charge in [-0.25, -0.2) is 0 Å². The Morgan fingerprint density at radius 2 is 1.71 bits per heavy atom. The Labute approximate surface area is 224 Å². The van der Waals surface area contributed by atoms with Crippen LogP contribution in [-0.2, 0) is 22.6 Å². The van der Waals surface area contributed by atoms with E-state index in [4.69, 9.17) is 27.9 Å². The summed E-state index contributed by atoms with van der Waals surface area (Å²) in [6.45, 7) is 2.38. The zero-order valence-electron chi connectivity index (χ0n) is 19.3. The van der Waals surface area contributed by atoms with Crippen LogP contribution in [0.4, 0.5) is 0 Å². The van der Waals surface area contributed by atoms with Gasteiger partial charge >= 0.3 is 0 Å². The van der Waals surface area contributed by atoms with E-state index in [-0.39, 0.29) is 25.0 Å². The molecule has 3 rings (SSSR count). The van der Waals surface area contributed by atoms with Gasteiger partial charge in [-0.3, -0.25) is 9.59 Å². The molecule has 5 nitrogen and oxygen atoms in total. The Bertz CT molecular complexity index is 1140. The lowest BCUT2D eigenvalue weighted by Crippen LogP contribution is -2.51. The van der Waals surface area contributed by atoms with Crippen LogP contribution in [0.15, 0.2) is 77.3 Å². The summed E-state index contributed by atoms with van der Waals surface area (Å²) in [4.78, 5) is 28.4. The zero-order chi connectivity index (χ0) is 25.2. The summed E-state index contributed by atoms with van der Waals surface area (Å²) in [7, 11) is 0. The Kier molecular flexibility index (Phi) is 10.5. The number of ether oxygens (including phenoxy) is 1. The van der Waals surface area contributed by atoms with Gasteiger partial charge in [0, 0.05) is 29.0 Å². The minimum Gasteiger partial charge on any atom is -0.482 e. The van der Waals surface area contributed by atoms with Crippen LogP contribution in [-0.4, -0.2) is 35.9 Å². The molecule has 0 aliphatic heterocycles. The molecule has 0 saturated heterocycles. The average molecular weight is 578 g/mol. The fourth-order valence-corrected chi connectivity index (χ4v) is 4.47. The van der Waals surface area contributed by atoms with Gasteiger partial charge in [-0.15, -0.1) is 0 Å². The molecule has 1 atom stereocenters. The largest absolute Gasteiger partial charge is 0.482 e. The van der Waals surface area contributed by atoms with E-state index in [1.165, 1.54) is 4.90 Å². The van der Waals surface area contributed by atoms with Crippen molar-refractivity contribution in [1.29, 1.82) is 0 Å². The van der Waals surface area contributed by atoms with Crippen LogP contribution in [0.1, 0.15) is 24.5 Å². The molecule has 0 saturated carbocycles. The monoisotopic (exact) mass is 576 g/mol. The lowest BCUT2D eigenvalue weighted by atomic mass is 10.0. The number of benzene rings is 3. The second kappa shape index (κ2) is 13.5. The van der Waals surface area contributed by atoms with E-state index in [9.17, 15) is 9.59 Å². The molecular weight excluding hydrogens is 551 g/mol. The van der Waals surface area contributed by atoms with Crippen LogP contribution >= 0.6 is 39.1 Å². The van der Waals surface area contributed by atoms with Crippen LogP contribution in [0.5, 0.6) is 5.75 Å². The van der Waals surface area contributed by atoms with Gasteiger partial charge in [0.15, 0.2) is 6.61 Å². The summed E-state index contributed by atoms with van der Waals surface area (Å²) in [6, 6.07) is 21.3. The van der Waals surface area contributed by atoms with Gasteiger partial charge < -0.3 is 15.0 Å². The molecule has 0 bridgehead atoms. The summed E-state index contributed by atoms with van der Waals surface area (Å²) in [5, 5.41) is 3.85. The number of nitrogens with zero attached hydrogens (tertiary/aromatic N) is 1. The number of hydrogen-bond acceptors (Lipinski definition) is 3. The normalized spacial score (nSPS) is 11.5. The first-order chi connectivity index (χ1) is 16.9. The number of carbonyl (C=O) groups excluding carboxylic acids is 2. The maximum absolute atomic E-state index is 13.5. The molecule has 1 N–H and O–H groups in total. The number of carbonyl (C=O) groups is 2. The van der Waals surface area contributed by atoms with E-state index in [2.05, 4.69) is 21.2 Å². The number of rotatable bonds is 11. The van der Waals surface area contributed by atoms with Gasteiger partial charge in [0.05, 0.1) is 5.02 Å². The summed E-state index contributed by atoms with van der Waals surface area (Å²) in [6.07, 6.45) is 1.14. The second-order valence-corrected chi connectivity index (χ2v) is 9.70. The molecule has 1 unspecified atom stereocenters. The first kappa shape index (κ1) is 27.1. The molecule has 184 valence electrons. The standard InChI is InChI=1S/C27H27BrCl2N2O3/c1-2-14-31-27(34)24(15-19-8-4-3-5-9-19)32(17-20-10-6-7-11-22(20)29)26(33)18-35-25-13-12-21(28)16-23(25)30/h3-13,16,24H,2,14-15,17-18H2,1H3,(H,31,34). The fourth-order valence-electron chi connectivity index (χ4n) is 3.54. The zero-order valence-corrected chi connectivity index (χ0v) is 22.4. The van der Waals surface area contributed by atoms with E-state index in [1.54, 1.807) is 24.3 Å². The van der Waals surface area contributed by atoms with Gasteiger partial charge in [-0.05, 0) is 41.8 Å². The molecule has 0 aliphatic carbocycles. The third-order valence-electron chi connectivity index (χ3n) is 5.36. The van der Waals surface area contributed by atoms with Crippen molar-refractivity contribution in [2.24, 2.45) is 0 Å². The molecule has 0 radical (unpaired) electrons. The molecule has 0 heterocycles. The van der Waals surface area contributed by atoms with Crippen LogP contribution in [0.25, 0.3) is 0 Å². The van der Waals surface area contributed by atoms with Gasteiger partial charge in [0.2, 0.25) is 5.91 Å². The predicted octanol–water partition coefficient (Wildman–Crippen LogP) is 6.30. The molecule has 3 aromatic carbocycles. The van der Waals surface area contributed by atoms with Crippen molar-refractivity contribution in [3.63, 3.8) is 0 Å². The van der Waals surface area contributed by atoms with Crippen LogP contribution in [0, 0.1) is 0 Å². The fraction of sp³-hybridized carbons (Fsp3) is 0.259. The van der Waals surface area contributed by atoms with Crippen molar-refractivity contribution in [1.82, 2.24) is 10.2 Å². The van der Waals surface area contributed by atoms with Crippen molar-refractivity contribution < 1.29 is 14.3 Å². The predicted molar refractivity (Wildman–Crippen MR) is 144 cm³/mol. The Morgan fingerprint density at radius 3 is 2.40 bits per heavy atom. The third kappa shape index (κ3) is 7.99. The maximum atomic E-state index is 13.5. The van der Waals surface area contributed by atoms with E-state index in [0.29, 0.717) is 28.8 Å². The molecule has 2 amide bonds. The number of nitrogens with one attached hydrogen (secondary N) is 1. The highest BCUT2D eigenvalue weighted by atomic mass is 79.9. The van der Waals surface area contributed by atoms with E-state index in [0.717, 1.165) is 22.0 Å². The number of halogens is 3. The van der Waals surface area contributed by atoms with E-state index in [1.807, 2.05) is 55.5 Å². The smallest absolute Gasteiger partial charge is 0.261 e. The average Bonchev–Trinajstić information content (AvgIpc) is 2.85. The Hall–Kier alpha value is -2.54. The quantitative estimate of drug-likeness (QED) is 0.291. The lowest BCUT2D eigenvalue weighted by Gasteiger charge is -2.31. The molecular formula is C27H27BrCl2N2O3. The van der Waals surface area contributed by atoms with Gasteiger partial charge in [-0.2, -0.15) is 0 Å². The van der Waals surface area contributed by atoms with Crippen molar-refractivity contribution in [3.05, 3.63) is 98.4 Å². The minimum absolute atomic E-state index is 0.160. The van der Waals surface area contributed by atoms with E-state index >= 15 is 0 Å². The second-order valence-electron chi connectivity index (χ2n) is 7.97. The molecule has 3 aromatic rings. The van der Waals surface area contributed by atoms with Gasteiger partial charge in [-0.1, -0.05) is 94.6 Å².